The molecule has 16 heavy (non-hydrogen) atoms. The second-order valence-corrected chi connectivity index (χ2v) is 4.31. The summed E-state index contributed by atoms with van der Waals surface area (Å²) in [5, 5.41) is 14.2. The summed E-state index contributed by atoms with van der Waals surface area (Å²) in [6, 6.07) is 7.62. The topological polar surface area (TPSA) is 61.4 Å². The Morgan fingerprint density at radius 2 is 2.06 bits per heavy atom. The fourth-order valence-electron chi connectivity index (χ4n) is 1.93. The molecule has 0 spiro atoms. The molecule has 0 saturated heterocycles. The molecule has 0 radical (unpaired) electrons. The molecule has 0 fully saturated rings. The average Bonchev–Trinajstić information content (AvgIpc) is 2.52. The lowest BCUT2D eigenvalue weighted by Gasteiger charge is -2.09. The normalized spacial score (nSPS) is 11.2. The standard InChI is InChI=1S/C12H15N3O/c1-8(2)7-15-10-6-4-3-5-9(10)11(14-13)12(15)16/h3-6,8,13,16H,7H2,1-2H3. The van der Waals surface area contributed by atoms with Crippen LogP contribution in [0.1, 0.15) is 13.8 Å². The summed E-state index contributed by atoms with van der Waals surface area (Å²) >= 11 is 0. The van der Waals surface area contributed by atoms with E-state index in [1.807, 2.05) is 28.8 Å². The highest BCUT2D eigenvalue weighted by Crippen LogP contribution is 2.38. The molecule has 0 amide bonds. The first-order valence-electron chi connectivity index (χ1n) is 5.32. The Bertz CT molecular complexity index is 528. The molecule has 84 valence electrons. The molecule has 1 heterocycles. The molecule has 4 heteroatoms. The molecule has 0 bridgehead atoms. The third-order valence-electron chi connectivity index (χ3n) is 2.58. The van der Waals surface area contributed by atoms with Gasteiger partial charge in [-0.15, -0.1) is 0 Å². The van der Waals surface area contributed by atoms with Gasteiger partial charge in [0.05, 0.1) is 5.52 Å². The highest BCUT2D eigenvalue weighted by molar-refractivity contribution is 5.94. The van der Waals surface area contributed by atoms with Gasteiger partial charge in [-0.3, -0.25) is 0 Å². The van der Waals surface area contributed by atoms with Crippen LogP contribution < -0.4 is 0 Å². The van der Waals surface area contributed by atoms with Gasteiger partial charge in [-0.2, -0.15) is 5.11 Å². The van der Waals surface area contributed by atoms with E-state index in [4.69, 9.17) is 5.53 Å². The van der Waals surface area contributed by atoms with Crippen molar-refractivity contribution < 1.29 is 5.11 Å². The van der Waals surface area contributed by atoms with E-state index in [2.05, 4.69) is 19.0 Å². The zero-order chi connectivity index (χ0) is 11.7. The van der Waals surface area contributed by atoms with Gasteiger partial charge in [0.2, 0.25) is 5.88 Å². The lowest BCUT2D eigenvalue weighted by Crippen LogP contribution is -2.03. The summed E-state index contributed by atoms with van der Waals surface area (Å²) in [6.07, 6.45) is 0. The van der Waals surface area contributed by atoms with E-state index in [1.54, 1.807) is 0 Å². The lowest BCUT2D eigenvalue weighted by molar-refractivity contribution is 0.401. The maximum absolute atomic E-state index is 10.0. The molecular weight excluding hydrogens is 202 g/mol. The van der Waals surface area contributed by atoms with Crippen LogP contribution in [0.25, 0.3) is 10.9 Å². The minimum Gasteiger partial charge on any atom is -0.493 e. The van der Waals surface area contributed by atoms with E-state index in [0.29, 0.717) is 11.6 Å². The molecule has 1 aromatic carbocycles. The van der Waals surface area contributed by atoms with Gasteiger partial charge in [-0.25, -0.2) is 5.53 Å². The zero-order valence-electron chi connectivity index (χ0n) is 9.44. The summed E-state index contributed by atoms with van der Waals surface area (Å²) in [4.78, 5) is 0. The Hall–Kier alpha value is -1.84. The van der Waals surface area contributed by atoms with Crippen LogP contribution in [-0.2, 0) is 6.54 Å². The van der Waals surface area contributed by atoms with Crippen molar-refractivity contribution in [3.63, 3.8) is 0 Å². The molecule has 0 aliphatic heterocycles. The largest absolute Gasteiger partial charge is 0.493 e. The molecule has 0 saturated carbocycles. The second-order valence-electron chi connectivity index (χ2n) is 4.31. The Morgan fingerprint density at radius 1 is 1.38 bits per heavy atom. The van der Waals surface area contributed by atoms with Crippen LogP contribution in [-0.4, -0.2) is 9.67 Å². The van der Waals surface area contributed by atoms with Crippen LogP contribution in [0.4, 0.5) is 5.69 Å². The number of aromatic hydroxyl groups is 1. The summed E-state index contributed by atoms with van der Waals surface area (Å²) < 4.78 is 1.81. The second kappa shape index (κ2) is 3.96. The van der Waals surface area contributed by atoms with E-state index >= 15 is 0 Å². The number of nitrogens with zero attached hydrogens (tertiary/aromatic N) is 2. The number of hydrogen-bond donors (Lipinski definition) is 2. The van der Waals surface area contributed by atoms with Gasteiger partial charge >= 0.3 is 0 Å². The van der Waals surface area contributed by atoms with Crippen molar-refractivity contribution >= 4 is 16.6 Å². The van der Waals surface area contributed by atoms with E-state index in [-0.39, 0.29) is 5.88 Å². The number of hydrogen-bond acceptors (Lipinski definition) is 3. The van der Waals surface area contributed by atoms with Gasteiger partial charge in [-0.1, -0.05) is 32.0 Å². The minimum absolute atomic E-state index is 0.0879. The summed E-state index contributed by atoms with van der Waals surface area (Å²) in [7, 11) is 0. The molecule has 4 nitrogen and oxygen atoms in total. The van der Waals surface area contributed by atoms with Crippen LogP contribution in [0.2, 0.25) is 0 Å². The fraction of sp³-hybridized carbons (Fsp3) is 0.333. The Balaban J connectivity index is 2.72. The van der Waals surface area contributed by atoms with E-state index in [1.165, 1.54) is 0 Å². The minimum atomic E-state index is 0.0879. The predicted molar refractivity (Wildman–Crippen MR) is 63.2 cm³/mol. The molecule has 0 aliphatic carbocycles. The van der Waals surface area contributed by atoms with Gasteiger partial charge in [0.15, 0.2) is 5.69 Å². The summed E-state index contributed by atoms with van der Waals surface area (Å²) in [5.41, 5.74) is 8.40. The monoisotopic (exact) mass is 217 g/mol. The van der Waals surface area contributed by atoms with Crippen molar-refractivity contribution in [2.45, 2.75) is 20.4 Å². The average molecular weight is 217 g/mol. The number of aromatic nitrogens is 1. The number of rotatable bonds is 3. The Kier molecular flexibility index (Phi) is 2.64. The maximum Gasteiger partial charge on any atom is 0.220 e. The molecule has 1 aromatic heterocycles. The smallest absolute Gasteiger partial charge is 0.220 e. The van der Waals surface area contributed by atoms with Gasteiger partial charge < -0.3 is 9.67 Å². The summed E-state index contributed by atoms with van der Waals surface area (Å²) in [6.45, 7) is 4.90. The van der Waals surface area contributed by atoms with Crippen molar-refractivity contribution in [1.82, 2.24) is 4.57 Å². The van der Waals surface area contributed by atoms with Gasteiger partial charge in [0, 0.05) is 11.9 Å². The van der Waals surface area contributed by atoms with Gasteiger partial charge in [-0.05, 0) is 12.0 Å². The first-order valence-corrected chi connectivity index (χ1v) is 5.32. The lowest BCUT2D eigenvalue weighted by atomic mass is 10.2. The van der Waals surface area contributed by atoms with Crippen molar-refractivity contribution in [2.75, 3.05) is 0 Å². The maximum atomic E-state index is 10.0. The van der Waals surface area contributed by atoms with Crippen molar-refractivity contribution in [1.29, 1.82) is 5.53 Å². The van der Waals surface area contributed by atoms with Crippen LogP contribution in [0.15, 0.2) is 29.4 Å². The first kappa shape index (κ1) is 10.7. The molecule has 0 unspecified atom stereocenters. The highest BCUT2D eigenvalue weighted by atomic mass is 16.3. The Morgan fingerprint density at radius 3 is 2.69 bits per heavy atom. The van der Waals surface area contributed by atoms with Crippen molar-refractivity contribution in [3.05, 3.63) is 24.3 Å². The molecular formula is C12H15N3O. The van der Waals surface area contributed by atoms with Crippen molar-refractivity contribution in [2.24, 2.45) is 11.0 Å². The zero-order valence-corrected chi connectivity index (χ0v) is 9.44. The third kappa shape index (κ3) is 1.56. The third-order valence-corrected chi connectivity index (χ3v) is 2.58. The van der Waals surface area contributed by atoms with E-state index in [0.717, 1.165) is 17.4 Å². The van der Waals surface area contributed by atoms with Crippen LogP contribution in [0.5, 0.6) is 5.88 Å². The molecule has 2 aromatic rings. The molecule has 0 atom stereocenters. The number of nitrogens with one attached hydrogen (secondary N) is 1. The van der Waals surface area contributed by atoms with Crippen LogP contribution >= 0.6 is 0 Å². The SMILES string of the molecule is CC(C)Cn1c(O)c(N=N)c2ccccc21. The Labute approximate surface area is 94.0 Å². The van der Waals surface area contributed by atoms with Crippen LogP contribution in [0, 0.1) is 11.4 Å². The van der Waals surface area contributed by atoms with Gasteiger partial charge in [0.25, 0.3) is 0 Å². The first-order chi connectivity index (χ1) is 7.65. The molecule has 2 N–H and O–H groups in total. The van der Waals surface area contributed by atoms with Crippen molar-refractivity contribution in [3.8, 4) is 5.88 Å². The number of para-hydroxylation sites is 1. The summed E-state index contributed by atoms with van der Waals surface area (Å²) in [5.74, 6) is 0.519. The number of benzene rings is 1. The predicted octanol–water partition coefficient (Wildman–Crippen LogP) is 3.67. The number of fused-ring (bicyclic) bond motifs is 1. The highest BCUT2D eigenvalue weighted by Gasteiger charge is 2.16. The van der Waals surface area contributed by atoms with E-state index < -0.39 is 0 Å². The van der Waals surface area contributed by atoms with Crippen LogP contribution in [0.3, 0.4) is 0 Å². The molecule has 0 aliphatic rings. The quantitative estimate of drug-likeness (QED) is 0.757. The van der Waals surface area contributed by atoms with Gasteiger partial charge in [0.1, 0.15) is 0 Å². The fourth-order valence-corrected chi connectivity index (χ4v) is 1.93. The molecule has 2 rings (SSSR count). The van der Waals surface area contributed by atoms with E-state index in [9.17, 15) is 5.11 Å².